The molecule has 1 aromatic carbocycles. The number of halogens is 4. The maximum atomic E-state index is 12.2. The number of rotatable bonds is 4. The highest BCUT2D eigenvalue weighted by Crippen LogP contribution is 2.31. The van der Waals surface area contributed by atoms with Gasteiger partial charge in [0.15, 0.2) is 0 Å². The highest BCUT2D eigenvalue weighted by molar-refractivity contribution is 6.34. The number of amides is 1. The Morgan fingerprint density at radius 2 is 2.05 bits per heavy atom. The SMILES string of the molecule is CC(CC(F)(F)F)Nc1c(Cl)cc(N)cc1C(N)=O. The van der Waals surface area contributed by atoms with E-state index in [0.717, 1.165) is 0 Å². The van der Waals surface area contributed by atoms with E-state index in [2.05, 4.69) is 5.32 Å². The smallest absolute Gasteiger partial charge is 0.391 e. The Bertz CT molecular complexity index is 491. The Labute approximate surface area is 112 Å². The van der Waals surface area contributed by atoms with Crippen molar-refractivity contribution < 1.29 is 18.0 Å². The third kappa shape index (κ3) is 4.51. The number of nitrogen functional groups attached to an aromatic ring is 1. The summed E-state index contributed by atoms with van der Waals surface area (Å²) in [6, 6.07) is 1.63. The van der Waals surface area contributed by atoms with Crippen LogP contribution in [0.2, 0.25) is 5.02 Å². The molecule has 0 aliphatic rings. The molecule has 0 aliphatic heterocycles. The van der Waals surface area contributed by atoms with Gasteiger partial charge in [-0.15, -0.1) is 0 Å². The topological polar surface area (TPSA) is 81.1 Å². The molecule has 106 valence electrons. The molecule has 0 aromatic heterocycles. The average molecular weight is 296 g/mol. The van der Waals surface area contributed by atoms with Gasteiger partial charge in [0.25, 0.3) is 5.91 Å². The number of alkyl halides is 3. The van der Waals surface area contributed by atoms with Crippen LogP contribution in [0, 0.1) is 0 Å². The zero-order valence-corrected chi connectivity index (χ0v) is 10.8. The van der Waals surface area contributed by atoms with Crippen LogP contribution in [0.25, 0.3) is 0 Å². The fraction of sp³-hybridized carbons (Fsp3) is 0.364. The van der Waals surface area contributed by atoms with Crippen molar-refractivity contribution in [2.45, 2.75) is 25.6 Å². The summed E-state index contributed by atoms with van der Waals surface area (Å²) in [6.07, 6.45) is -5.38. The highest BCUT2D eigenvalue weighted by Gasteiger charge is 2.30. The van der Waals surface area contributed by atoms with Gasteiger partial charge in [-0.1, -0.05) is 11.6 Å². The molecule has 0 heterocycles. The minimum Gasteiger partial charge on any atom is -0.399 e. The summed E-state index contributed by atoms with van der Waals surface area (Å²) in [7, 11) is 0. The number of anilines is 2. The van der Waals surface area contributed by atoms with Crippen LogP contribution in [0.5, 0.6) is 0 Å². The summed E-state index contributed by atoms with van der Waals surface area (Å²) in [5, 5.41) is 2.58. The predicted octanol–water partition coefficient (Wildman–Crippen LogP) is 2.77. The van der Waals surface area contributed by atoms with E-state index in [0.29, 0.717) is 0 Å². The molecule has 5 N–H and O–H groups in total. The fourth-order valence-electron chi connectivity index (χ4n) is 1.61. The fourth-order valence-corrected chi connectivity index (χ4v) is 1.90. The Balaban J connectivity index is 3.03. The lowest BCUT2D eigenvalue weighted by Crippen LogP contribution is -2.26. The summed E-state index contributed by atoms with van der Waals surface area (Å²) in [6.45, 7) is 1.32. The number of nitrogens with one attached hydrogen (secondary N) is 1. The van der Waals surface area contributed by atoms with Crippen LogP contribution >= 0.6 is 11.6 Å². The minimum atomic E-state index is -4.32. The maximum absolute atomic E-state index is 12.2. The van der Waals surface area contributed by atoms with Gasteiger partial charge in [-0.3, -0.25) is 4.79 Å². The van der Waals surface area contributed by atoms with Gasteiger partial charge in [0, 0.05) is 11.7 Å². The molecule has 4 nitrogen and oxygen atoms in total. The second kappa shape index (κ2) is 5.56. The molecule has 0 radical (unpaired) electrons. The van der Waals surface area contributed by atoms with E-state index in [9.17, 15) is 18.0 Å². The monoisotopic (exact) mass is 295 g/mol. The van der Waals surface area contributed by atoms with E-state index in [1.165, 1.54) is 19.1 Å². The number of primary amides is 1. The van der Waals surface area contributed by atoms with Gasteiger partial charge < -0.3 is 16.8 Å². The summed E-state index contributed by atoms with van der Waals surface area (Å²) in [4.78, 5) is 11.2. The Morgan fingerprint density at radius 3 is 2.53 bits per heavy atom. The first-order chi connectivity index (χ1) is 8.60. The molecule has 0 saturated heterocycles. The standard InChI is InChI=1S/C11H13ClF3N3O/c1-5(4-11(13,14)15)18-9-7(10(17)19)2-6(16)3-8(9)12/h2-3,5,18H,4,16H2,1H3,(H2,17,19). The van der Waals surface area contributed by atoms with Gasteiger partial charge in [0.2, 0.25) is 0 Å². The number of nitrogens with two attached hydrogens (primary N) is 2. The molecule has 0 fully saturated rings. The van der Waals surface area contributed by atoms with Crippen molar-refractivity contribution in [1.29, 1.82) is 0 Å². The van der Waals surface area contributed by atoms with Crippen molar-refractivity contribution >= 4 is 28.9 Å². The lowest BCUT2D eigenvalue weighted by atomic mass is 10.1. The lowest BCUT2D eigenvalue weighted by molar-refractivity contribution is -0.136. The molecule has 0 aliphatic carbocycles. The first kappa shape index (κ1) is 15.4. The Kier molecular flexibility index (Phi) is 4.52. The predicted molar refractivity (Wildman–Crippen MR) is 68.1 cm³/mol. The van der Waals surface area contributed by atoms with E-state index in [1.54, 1.807) is 0 Å². The van der Waals surface area contributed by atoms with Crippen molar-refractivity contribution in [2.24, 2.45) is 5.73 Å². The quantitative estimate of drug-likeness (QED) is 0.747. The molecule has 1 amide bonds. The van der Waals surface area contributed by atoms with E-state index in [-0.39, 0.29) is 22.0 Å². The van der Waals surface area contributed by atoms with Crippen molar-refractivity contribution in [3.63, 3.8) is 0 Å². The van der Waals surface area contributed by atoms with E-state index in [1.807, 2.05) is 0 Å². The number of hydrogen-bond donors (Lipinski definition) is 3. The number of carbonyl (C=O) groups excluding carboxylic acids is 1. The normalized spacial score (nSPS) is 13.1. The summed E-state index contributed by atoms with van der Waals surface area (Å²) < 4.78 is 36.7. The van der Waals surface area contributed by atoms with E-state index < -0.39 is 24.5 Å². The van der Waals surface area contributed by atoms with E-state index >= 15 is 0 Å². The maximum Gasteiger partial charge on any atom is 0.391 e. The summed E-state index contributed by atoms with van der Waals surface area (Å²) in [5.41, 5.74) is 10.9. The Morgan fingerprint density at radius 1 is 1.47 bits per heavy atom. The summed E-state index contributed by atoms with van der Waals surface area (Å²) >= 11 is 5.86. The van der Waals surface area contributed by atoms with Gasteiger partial charge in [-0.25, -0.2) is 0 Å². The molecular weight excluding hydrogens is 283 g/mol. The third-order valence-electron chi connectivity index (χ3n) is 2.31. The lowest BCUT2D eigenvalue weighted by Gasteiger charge is -2.20. The van der Waals surface area contributed by atoms with Crippen molar-refractivity contribution in [1.82, 2.24) is 0 Å². The van der Waals surface area contributed by atoms with Crippen molar-refractivity contribution in [3.8, 4) is 0 Å². The largest absolute Gasteiger partial charge is 0.399 e. The molecule has 1 unspecified atom stereocenters. The van der Waals surface area contributed by atoms with Crippen molar-refractivity contribution in [2.75, 3.05) is 11.1 Å². The van der Waals surface area contributed by atoms with Crippen LogP contribution in [0.1, 0.15) is 23.7 Å². The Hall–Kier alpha value is -1.63. The third-order valence-corrected chi connectivity index (χ3v) is 2.60. The van der Waals surface area contributed by atoms with Gasteiger partial charge in [0.1, 0.15) is 0 Å². The second-order valence-corrected chi connectivity index (χ2v) is 4.56. The first-order valence-electron chi connectivity index (χ1n) is 5.32. The molecule has 19 heavy (non-hydrogen) atoms. The van der Waals surface area contributed by atoms with Crippen LogP contribution in [-0.4, -0.2) is 18.1 Å². The van der Waals surface area contributed by atoms with Gasteiger partial charge in [-0.2, -0.15) is 13.2 Å². The van der Waals surface area contributed by atoms with Crippen LogP contribution in [0.4, 0.5) is 24.5 Å². The minimum absolute atomic E-state index is 0.0426. The molecule has 8 heteroatoms. The zero-order valence-electron chi connectivity index (χ0n) is 10.0. The van der Waals surface area contributed by atoms with E-state index in [4.69, 9.17) is 23.1 Å². The molecule has 0 bridgehead atoms. The highest BCUT2D eigenvalue weighted by atomic mass is 35.5. The van der Waals surface area contributed by atoms with Gasteiger partial charge in [0.05, 0.1) is 22.7 Å². The van der Waals surface area contributed by atoms with Crippen LogP contribution in [0.3, 0.4) is 0 Å². The number of hydrogen-bond acceptors (Lipinski definition) is 3. The van der Waals surface area contributed by atoms with Gasteiger partial charge >= 0.3 is 6.18 Å². The average Bonchev–Trinajstić information content (AvgIpc) is 2.18. The molecule has 1 rings (SSSR count). The van der Waals surface area contributed by atoms with Crippen molar-refractivity contribution in [3.05, 3.63) is 22.7 Å². The number of benzene rings is 1. The molecule has 1 atom stereocenters. The summed E-state index contributed by atoms with van der Waals surface area (Å²) in [5.74, 6) is -0.823. The molecular formula is C11H13ClF3N3O. The molecule has 0 spiro atoms. The number of carbonyl (C=O) groups is 1. The van der Waals surface area contributed by atoms with Crippen LogP contribution in [-0.2, 0) is 0 Å². The van der Waals surface area contributed by atoms with Gasteiger partial charge in [-0.05, 0) is 19.1 Å². The van der Waals surface area contributed by atoms with Crippen LogP contribution < -0.4 is 16.8 Å². The van der Waals surface area contributed by atoms with Crippen LogP contribution in [0.15, 0.2) is 12.1 Å². The zero-order chi connectivity index (χ0) is 14.8. The molecule has 0 saturated carbocycles. The second-order valence-electron chi connectivity index (χ2n) is 4.15. The first-order valence-corrected chi connectivity index (χ1v) is 5.70. The molecule has 1 aromatic rings.